The van der Waals surface area contributed by atoms with Crippen LogP contribution >= 0.6 is 23.5 Å². The lowest BCUT2D eigenvalue weighted by molar-refractivity contribution is 0.712. The molecule has 146 valence electrons. The second-order valence-corrected chi connectivity index (χ2v) is 8.27. The first-order chi connectivity index (χ1) is 12.7. The average Bonchev–Trinajstić information content (AvgIpc) is 3.17. The van der Waals surface area contributed by atoms with Gasteiger partial charge < -0.3 is 11.7 Å². The van der Waals surface area contributed by atoms with Crippen LogP contribution in [-0.4, -0.2) is 41.3 Å². The van der Waals surface area contributed by atoms with Crippen LogP contribution in [0.5, 0.6) is 0 Å². The third-order valence-electron chi connectivity index (χ3n) is 3.98. The van der Waals surface area contributed by atoms with Crippen molar-refractivity contribution in [2.75, 3.05) is 23.2 Å². The molecule has 4 N–H and O–H groups in total. The summed E-state index contributed by atoms with van der Waals surface area (Å²) < 4.78 is 3.26. The summed E-state index contributed by atoms with van der Waals surface area (Å²) in [7, 11) is 0. The van der Waals surface area contributed by atoms with Crippen LogP contribution in [0.25, 0.3) is 0 Å². The first kappa shape index (κ1) is 20.9. The molecule has 0 amide bonds. The molecule has 0 saturated heterocycles. The molecule has 0 aliphatic carbocycles. The van der Waals surface area contributed by atoms with E-state index in [2.05, 4.69) is 34.2 Å². The summed E-state index contributed by atoms with van der Waals surface area (Å²) in [6.45, 7) is 4.31. The Labute approximate surface area is 163 Å². The minimum Gasteiger partial charge on any atom is -0.336 e. The van der Waals surface area contributed by atoms with E-state index in [1.165, 1.54) is 0 Å². The number of nitrogen functional groups attached to an aromatic ring is 2. The van der Waals surface area contributed by atoms with Gasteiger partial charge in [0, 0.05) is 24.3 Å². The Balaban J connectivity index is 1.64. The van der Waals surface area contributed by atoms with Gasteiger partial charge in [0.2, 0.25) is 10.3 Å². The smallest absolute Gasteiger partial charge is 0.209 e. The number of aromatic nitrogens is 6. The summed E-state index contributed by atoms with van der Waals surface area (Å²) in [5.41, 5.74) is 0. The lowest BCUT2D eigenvalue weighted by Gasteiger charge is -2.04. The van der Waals surface area contributed by atoms with Crippen LogP contribution in [0.4, 0.5) is 0 Å². The number of rotatable bonds is 13. The SMILES string of the molecule is CCCCc1nnc(SCCCCSc2nnc(CCCC)n2N)n1N. The Hall–Kier alpha value is -1.42. The molecule has 0 saturated carbocycles. The predicted octanol–water partition coefficient (Wildman–Crippen LogP) is 2.65. The Morgan fingerprint density at radius 2 is 1.12 bits per heavy atom. The first-order valence-corrected chi connectivity index (χ1v) is 11.3. The zero-order valence-electron chi connectivity index (χ0n) is 15.7. The molecule has 0 bridgehead atoms. The van der Waals surface area contributed by atoms with Gasteiger partial charge in [-0.3, -0.25) is 0 Å². The molecule has 0 fully saturated rings. The van der Waals surface area contributed by atoms with Crippen molar-refractivity contribution in [3.8, 4) is 0 Å². The molecule has 0 aromatic carbocycles. The number of nitrogens with zero attached hydrogens (tertiary/aromatic N) is 6. The van der Waals surface area contributed by atoms with Crippen LogP contribution in [0.15, 0.2) is 10.3 Å². The largest absolute Gasteiger partial charge is 0.336 e. The van der Waals surface area contributed by atoms with Gasteiger partial charge >= 0.3 is 0 Å². The van der Waals surface area contributed by atoms with Crippen molar-refractivity contribution in [2.45, 2.75) is 75.5 Å². The molecule has 2 aromatic heterocycles. The second kappa shape index (κ2) is 11.3. The average molecular weight is 399 g/mol. The maximum absolute atomic E-state index is 6.05. The number of thioether (sulfide) groups is 2. The third-order valence-corrected chi connectivity index (χ3v) is 6.04. The van der Waals surface area contributed by atoms with Gasteiger partial charge in [0.25, 0.3) is 0 Å². The van der Waals surface area contributed by atoms with E-state index in [0.29, 0.717) is 0 Å². The number of hydrogen-bond acceptors (Lipinski definition) is 8. The van der Waals surface area contributed by atoms with Gasteiger partial charge in [-0.05, 0) is 25.7 Å². The van der Waals surface area contributed by atoms with Gasteiger partial charge in [-0.25, -0.2) is 9.35 Å². The van der Waals surface area contributed by atoms with Gasteiger partial charge in [0.05, 0.1) is 0 Å². The number of unbranched alkanes of at least 4 members (excludes halogenated alkanes) is 3. The molecule has 0 unspecified atom stereocenters. The molecule has 10 heteroatoms. The molecule has 8 nitrogen and oxygen atoms in total. The van der Waals surface area contributed by atoms with Crippen molar-refractivity contribution in [1.82, 2.24) is 29.7 Å². The molecular formula is C16H30N8S2. The molecule has 0 atom stereocenters. The topological polar surface area (TPSA) is 113 Å². The van der Waals surface area contributed by atoms with Crippen molar-refractivity contribution in [1.29, 1.82) is 0 Å². The van der Waals surface area contributed by atoms with Crippen molar-refractivity contribution >= 4 is 23.5 Å². The van der Waals surface area contributed by atoms with E-state index in [-0.39, 0.29) is 0 Å². The number of nitrogens with two attached hydrogens (primary N) is 2. The molecule has 0 aliphatic heterocycles. The van der Waals surface area contributed by atoms with Gasteiger partial charge in [-0.2, -0.15) is 0 Å². The Kier molecular flexibility index (Phi) is 9.10. The fourth-order valence-corrected chi connectivity index (χ4v) is 4.10. The summed E-state index contributed by atoms with van der Waals surface area (Å²) in [5, 5.41) is 18.3. The summed E-state index contributed by atoms with van der Waals surface area (Å²) in [5.74, 6) is 15.8. The molecule has 0 spiro atoms. The second-order valence-electron chi connectivity index (χ2n) is 6.15. The fraction of sp³-hybridized carbons (Fsp3) is 0.750. The monoisotopic (exact) mass is 398 g/mol. The van der Waals surface area contributed by atoms with Crippen LogP contribution in [0.2, 0.25) is 0 Å². The third kappa shape index (κ3) is 6.08. The van der Waals surface area contributed by atoms with Crippen molar-refractivity contribution in [2.24, 2.45) is 0 Å². The first-order valence-electron chi connectivity index (χ1n) is 9.31. The predicted molar refractivity (Wildman–Crippen MR) is 108 cm³/mol. The van der Waals surface area contributed by atoms with Crippen molar-refractivity contribution in [3.05, 3.63) is 11.6 Å². The van der Waals surface area contributed by atoms with E-state index in [1.54, 1.807) is 32.9 Å². The highest BCUT2D eigenvalue weighted by molar-refractivity contribution is 7.99. The fourth-order valence-electron chi connectivity index (χ4n) is 2.35. The van der Waals surface area contributed by atoms with Gasteiger partial charge in [0.15, 0.2) is 11.6 Å². The lowest BCUT2D eigenvalue weighted by Crippen LogP contribution is -2.14. The molecule has 0 radical (unpaired) electrons. The Morgan fingerprint density at radius 1 is 0.692 bits per heavy atom. The highest BCUT2D eigenvalue weighted by atomic mass is 32.2. The summed E-state index contributed by atoms with van der Waals surface area (Å²) in [4.78, 5) is 0. The van der Waals surface area contributed by atoms with E-state index in [0.717, 1.165) is 84.8 Å². The number of aryl methyl sites for hydroxylation is 2. The van der Waals surface area contributed by atoms with Crippen LogP contribution in [0.3, 0.4) is 0 Å². The lowest BCUT2D eigenvalue weighted by atomic mass is 10.2. The highest BCUT2D eigenvalue weighted by Crippen LogP contribution is 2.20. The Morgan fingerprint density at radius 3 is 1.50 bits per heavy atom. The van der Waals surface area contributed by atoms with Gasteiger partial charge in [-0.15, -0.1) is 20.4 Å². The standard InChI is InChI=1S/C16H30N8S2/c1-3-5-9-13-19-21-15(23(13)17)25-11-7-8-12-26-16-22-20-14(24(16)18)10-6-4-2/h3-12,17-18H2,1-2H3. The minimum atomic E-state index is 0.797. The molecule has 2 aromatic rings. The summed E-state index contributed by atoms with van der Waals surface area (Å²) in [6, 6.07) is 0. The quantitative estimate of drug-likeness (QED) is 0.301. The summed E-state index contributed by atoms with van der Waals surface area (Å²) in [6.07, 6.45) is 8.36. The van der Waals surface area contributed by atoms with Crippen LogP contribution < -0.4 is 11.7 Å². The summed E-state index contributed by atoms with van der Waals surface area (Å²) >= 11 is 3.32. The maximum Gasteiger partial charge on any atom is 0.209 e. The number of hydrogen-bond donors (Lipinski definition) is 2. The van der Waals surface area contributed by atoms with Crippen molar-refractivity contribution < 1.29 is 0 Å². The minimum absolute atomic E-state index is 0.797. The Bertz CT molecular complexity index is 598. The van der Waals surface area contributed by atoms with Crippen LogP contribution in [0, 0.1) is 0 Å². The molecular weight excluding hydrogens is 368 g/mol. The van der Waals surface area contributed by atoms with E-state index in [4.69, 9.17) is 11.7 Å². The van der Waals surface area contributed by atoms with Crippen LogP contribution in [-0.2, 0) is 12.8 Å². The normalized spacial score (nSPS) is 11.3. The van der Waals surface area contributed by atoms with Crippen LogP contribution in [0.1, 0.15) is 64.0 Å². The zero-order valence-corrected chi connectivity index (χ0v) is 17.4. The maximum atomic E-state index is 6.05. The van der Waals surface area contributed by atoms with Crippen molar-refractivity contribution in [3.63, 3.8) is 0 Å². The van der Waals surface area contributed by atoms with E-state index in [9.17, 15) is 0 Å². The van der Waals surface area contributed by atoms with E-state index < -0.39 is 0 Å². The van der Waals surface area contributed by atoms with Gasteiger partial charge in [0.1, 0.15) is 0 Å². The van der Waals surface area contributed by atoms with E-state index >= 15 is 0 Å². The molecule has 2 heterocycles. The molecule has 2 rings (SSSR count). The molecule has 0 aliphatic rings. The highest BCUT2D eigenvalue weighted by Gasteiger charge is 2.11. The van der Waals surface area contributed by atoms with E-state index in [1.807, 2.05) is 0 Å². The molecule has 26 heavy (non-hydrogen) atoms. The van der Waals surface area contributed by atoms with Gasteiger partial charge in [-0.1, -0.05) is 50.2 Å². The zero-order chi connectivity index (χ0) is 18.8.